The number of benzene rings is 6. The molecule has 6 aromatic rings. The zero-order valence-corrected chi connectivity index (χ0v) is 32.6. The summed E-state index contributed by atoms with van der Waals surface area (Å²) in [5.41, 5.74) is -3.05. The van der Waals surface area contributed by atoms with Gasteiger partial charge in [0.05, 0.1) is 44.5 Å². The minimum absolute atomic E-state index is 0.116. The fraction of sp³-hybridized carbons (Fsp3) is 0.0667. The van der Waals surface area contributed by atoms with E-state index in [0.29, 0.717) is 22.6 Å². The van der Waals surface area contributed by atoms with Crippen molar-refractivity contribution < 1.29 is 88.7 Å². The first kappa shape index (κ1) is 45.0. The van der Waals surface area contributed by atoms with Crippen LogP contribution in [0.15, 0.2) is 109 Å². The summed E-state index contributed by atoms with van der Waals surface area (Å²) in [5, 5.41) is 73.9. The van der Waals surface area contributed by atoms with Gasteiger partial charge in [-0.2, -0.15) is 0 Å². The maximum Gasteiger partial charge on any atom is 0.336 e. The predicted molar refractivity (Wildman–Crippen MR) is 218 cm³/mol. The van der Waals surface area contributed by atoms with Crippen LogP contribution in [0, 0.1) is 0 Å². The largest absolute Gasteiger partial charge is 0.478 e. The third-order valence-electron chi connectivity index (χ3n) is 9.51. The van der Waals surface area contributed by atoms with Crippen molar-refractivity contribution >= 4 is 58.5 Å². The molecule has 0 atom stereocenters. The molecule has 0 aromatic heterocycles. The van der Waals surface area contributed by atoms with Crippen molar-refractivity contribution in [2.45, 2.75) is 19.3 Å². The summed E-state index contributed by atoms with van der Waals surface area (Å²) in [4.78, 5) is 90.5. The van der Waals surface area contributed by atoms with E-state index in [1.54, 1.807) is 36.4 Å². The average molecular weight is 861 g/mol. The van der Waals surface area contributed by atoms with Crippen LogP contribution < -0.4 is 9.47 Å². The SMILES string of the molecule is CC(C)(c1ccccc1Oc1ccc(C(=O)O)c(C(=O)O)c1)c1ccccc1Oc1ccc(C(=O)O)c(C(=O)O)c1.O=C(O)c1cc2cc(C(=O)O)c(C(=O)O)cc2cc1C(=O)O. The predicted octanol–water partition coefficient (Wildman–Crippen LogP) is 8.02. The van der Waals surface area contributed by atoms with Gasteiger partial charge in [-0.05, 0) is 83.6 Å². The maximum absolute atomic E-state index is 11.6. The van der Waals surface area contributed by atoms with Gasteiger partial charge in [-0.15, -0.1) is 0 Å². The lowest BCUT2D eigenvalue weighted by Crippen LogP contribution is -2.20. The molecule has 0 unspecified atom stereocenters. The van der Waals surface area contributed by atoms with Gasteiger partial charge < -0.3 is 50.3 Å². The summed E-state index contributed by atoms with van der Waals surface area (Å²) in [7, 11) is 0. The highest BCUT2D eigenvalue weighted by Crippen LogP contribution is 2.43. The summed E-state index contributed by atoms with van der Waals surface area (Å²) >= 11 is 0. The average Bonchev–Trinajstić information content (AvgIpc) is 3.22. The van der Waals surface area contributed by atoms with Crippen molar-refractivity contribution in [3.8, 4) is 23.0 Å². The Hall–Kier alpha value is -9.06. The van der Waals surface area contributed by atoms with E-state index < -0.39 is 86.6 Å². The Morgan fingerprint density at radius 1 is 0.349 bits per heavy atom. The maximum atomic E-state index is 11.6. The van der Waals surface area contributed by atoms with Crippen LogP contribution in [-0.2, 0) is 5.41 Å². The lowest BCUT2D eigenvalue weighted by atomic mass is 9.77. The number of hydrogen-bond acceptors (Lipinski definition) is 10. The van der Waals surface area contributed by atoms with Crippen molar-refractivity contribution in [2.75, 3.05) is 0 Å². The van der Waals surface area contributed by atoms with Crippen molar-refractivity contribution in [3.63, 3.8) is 0 Å². The standard InChI is InChI=1S/C31H24O10.C14H8O8/c1-31(2,23-7-3-5-9-25(23)40-17-11-13-19(27(32)33)21(15-17)29(36)37)24-8-4-6-10-26(24)41-18-12-14-20(28(34)35)22(16-18)30(38)39;15-11(16)7-1-5-2-9(13(19)20)10(14(21)22)4-6(5)3-8(7)12(17)18/h3-16H,1-2H3,(H,32,33)(H,34,35)(H,36,37)(H,38,39);1-4H,(H,15,16)(H,17,18)(H,19,20)(H,21,22). The van der Waals surface area contributed by atoms with E-state index in [9.17, 15) is 58.8 Å². The van der Waals surface area contributed by atoms with Gasteiger partial charge in [0.15, 0.2) is 0 Å². The highest BCUT2D eigenvalue weighted by Gasteiger charge is 2.31. The van der Waals surface area contributed by atoms with E-state index in [1.807, 2.05) is 26.0 Å². The molecule has 0 heterocycles. The van der Waals surface area contributed by atoms with E-state index in [2.05, 4.69) is 0 Å². The molecule has 18 nitrogen and oxygen atoms in total. The highest BCUT2D eigenvalue weighted by atomic mass is 16.5. The Morgan fingerprint density at radius 2 is 0.603 bits per heavy atom. The summed E-state index contributed by atoms with van der Waals surface area (Å²) in [6.07, 6.45) is 0. The fourth-order valence-corrected chi connectivity index (χ4v) is 6.50. The number of fused-ring (bicyclic) bond motifs is 1. The quantitative estimate of drug-likeness (QED) is 0.0514. The highest BCUT2D eigenvalue weighted by molar-refractivity contribution is 6.10. The summed E-state index contributed by atoms with van der Waals surface area (Å²) in [6, 6.07) is 25.5. The third kappa shape index (κ3) is 9.71. The molecular weight excluding hydrogens is 828 g/mol. The zero-order chi connectivity index (χ0) is 46.5. The van der Waals surface area contributed by atoms with E-state index in [0.717, 1.165) is 36.4 Å². The van der Waals surface area contributed by atoms with Crippen LogP contribution in [-0.4, -0.2) is 88.6 Å². The van der Waals surface area contributed by atoms with E-state index in [1.165, 1.54) is 24.3 Å². The first-order valence-corrected chi connectivity index (χ1v) is 17.9. The van der Waals surface area contributed by atoms with Crippen LogP contribution in [0.1, 0.15) is 108 Å². The van der Waals surface area contributed by atoms with Crippen LogP contribution >= 0.6 is 0 Å². The Morgan fingerprint density at radius 3 is 0.873 bits per heavy atom. The molecule has 6 rings (SSSR count). The van der Waals surface area contributed by atoms with Gasteiger partial charge in [-0.25, -0.2) is 38.4 Å². The molecule has 8 N–H and O–H groups in total. The Labute approximate surface area is 353 Å². The lowest BCUT2D eigenvalue weighted by molar-refractivity contribution is 0.0651. The number of rotatable bonds is 14. The van der Waals surface area contributed by atoms with Crippen LogP contribution in [0.3, 0.4) is 0 Å². The Balaban J connectivity index is 0.000000286. The van der Waals surface area contributed by atoms with Gasteiger partial charge in [-0.3, -0.25) is 0 Å². The van der Waals surface area contributed by atoms with Crippen molar-refractivity contribution in [3.05, 3.63) is 165 Å². The molecule has 18 heteroatoms. The summed E-state index contributed by atoms with van der Waals surface area (Å²) < 4.78 is 12.1. The van der Waals surface area contributed by atoms with Gasteiger partial charge in [0.1, 0.15) is 23.0 Å². The first-order chi connectivity index (χ1) is 29.6. The molecule has 0 aliphatic carbocycles. The van der Waals surface area contributed by atoms with Crippen molar-refractivity contribution in [1.82, 2.24) is 0 Å². The summed E-state index contributed by atoms with van der Waals surface area (Å²) in [6.45, 7) is 3.81. The number of carboxylic acids is 8. The number of hydrogen-bond donors (Lipinski definition) is 8. The molecule has 0 radical (unpaired) electrons. The van der Waals surface area contributed by atoms with Gasteiger partial charge in [0.25, 0.3) is 0 Å². The van der Waals surface area contributed by atoms with E-state index in [-0.39, 0.29) is 33.4 Å². The number of para-hydroxylation sites is 2. The smallest absolute Gasteiger partial charge is 0.336 e. The molecule has 6 aromatic carbocycles. The van der Waals surface area contributed by atoms with Gasteiger partial charge in [-0.1, -0.05) is 50.2 Å². The molecule has 0 saturated carbocycles. The molecule has 0 fully saturated rings. The zero-order valence-electron chi connectivity index (χ0n) is 32.6. The molecule has 320 valence electrons. The van der Waals surface area contributed by atoms with Crippen molar-refractivity contribution in [2.24, 2.45) is 0 Å². The summed E-state index contributed by atoms with van der Waals surface area (Å²) in [5.74, 6) is -10.5. The molecule has 0 amide bonds. The molecular formula is C45H32O18. The minimum atomic E-state index is -1.49. The monoisotopic (exact) mass is 860 g/mol. The Kier molecular flexibility index (Phi) is 12.9. The molecule has 0 spiro atoms. The second kappa shape index (κ2) is 18.1. The van der Waals surface area contributed by atoms with Gasteiger partial charge in [0, 0.05) is 16.5 Å². The normalized spacial score (nSPS) is 10.8. The topological polar surface area (TPSA) is 317 Å². The lowest BCUT2D eigenvalue weighted by Gasteiger charge is -2.30. The number of aromatic carboxylic acids is 8. The van der Waals surface area contributed by atoms with Crippen LogP contribution in [0.25, 0.3) is 10.8 Å². The number of ether oxygens (including phenoxy) is 2. The van der Waals surface area contributed by atoms with Crippen molar-refractivity contribution in [1.29, 1.82) is 0 Å². The second-order valence-corrected chi connectivity index (χ2v) is 13.8. The van der Waals surface area contributed by atoms with Crippen LogP contribution in [0.4, 0.5) is 0 Å². The van der Waals surface area contributed by atoms with E-state index in [4.69, 9.17) is 29.9 Å². The Bertz CT molecular complexity index is 2650. The van der Waals surface area contributed by atoms with Crippen LogP contribution in [0.5, 0.6) is 23.0 Å². The van der Waals surface area contributed by atoms with Crippen LogP contribution in [0.2, 0.25) is 0 Å². The molecule has 0 aliphatic heterocycles. The molecule has 0 bridgehead atoms. The second-order valence-electron chi connectivity index (χ2n) is 13.8. The fourth-order valence-electron chi connectivity index (χ4n) is 6.50. The van der Waals surface area contributed by atoms with Gasteiger partial charge >= 0.3 is 47.8 Å². The minimum Gasteiger partial charge on any atom is -0.478 e. The molecule has 0 saturated heterocycles. The molecule has 0 aliphatic rings. The number of carboxylic acid groups (broad SMARTS) is 8. The number of carbonyl (C=O) groups is 8. The first-order valence-electron chi connectivity index (χ1n) is 17.9. The third-order valence-corrected chi connectivity index (χ3v) is 9.51. The van der Waals surface area contributed by atoms with Gasteiger partial charge in [0.2, 0.25) is 0 Å². The van der Waals surface area contributed by atoms with E-state index >= 15 is 0 Å². The molecule has 63 heavy (non-hydrogen) atoms.